The van der Waals surface area contributed by atoms with Gasteiger partial charge in [-0.25, -0.2) is 8.42 Å². The number of piperazine rings is 1. The normalized spacial score (nSPS) is 25.2. The van der Waals surface area contributed by atoms with Crippen LogP contribution in [0.4, 0.5) is 0 Å². The maximum absolute atomic E-state index is 11.6. The van der Waals surface area contributed by atoms with Gasteiger partial charge in [0.2, 0.25) is 0 Å². The minimum atomic E-state index is -2.82. The smallest absolute Gasteiger partial charge is 0.150 e. The van der Waals surface area contributed by atoms with E-state index in [0.29, 0.717) is 23.8 Å². The average molecular weight is 305 g/mol. The summed E-state index contributed by atoms with van der Waals surface area (Å²) in [5, 5.41) is 3.64. The summed E-state index contributed by atoms with van der Waals surface area (Å²) in [6.45, 7) is 11.4. The van der Waals surface area contributed by atoms with Gasteiger partial charge in [0.25, 0.3) is 0 Å². The summed E-state index contributed by atoms with van der Waals surface area (Å²) < 4.78 is 23.2. The zero-order valence-corrected chi connectivity index (χ0v) is 14.4. The fourth-order valence-corrected chi connectivity index (χ4v) is 3.85. The molecular weight excluding hydrogens is 272 g/mol. The second-order valence-corrected chi connectivity index (χ2v) is 8.76. The van der Waals surface area contributed by atoms with Gasteiger partial charge in [0.1, 0.15) is 9.84 Å². The lowest BCUT2D eigenvalue weighted by Crippen LogP contribution is -2.58. The van der Waals surface area contributed by atoms with E-state index in [9.17, 15) is 8.42 Å². The highest BCUT2D eigenvalue weighted by Crippen LogP contribution is 2.17. The SMILES string of the molecule is CCCC1CN(CCCS(=O)(=O)CC)C(C(C)C)CN1. The highest BCUT2D eigenvalue weighted by molar-refractivity contribution is 7.91. The van der Waals surface area contributed by atoms with Gasteiger partial charge in [0.15, 0.2) is 0 Å². The maximum Gasteiger partial charge on any atom is 0.150 e. The molecule has 1 N–H and O–H groups in total. The van der Waals surface area contributed by atoms with Crippen LogP contribution in [-0.2, 0) is 9.84 Å². The largest absolute Gasteiger partial charge is 0.311 e. The molecule has 1 saturated heterocycles. The van der Waals surface area contributed by atoms with Gasteiger partial charge in [0.05, 0.1) is 5.75 Å². The van der Waals surface area contributed by atoms with Crippen molar-refractivity contribution < 1.29 is 8.42 Å². The van der Waals surface area contributed by atoms with Gasteiger partial charge in [-0.1, -0.05) is 34.1 Å². The van der Waals surface area contributed by atoms with Crippen LogP contribution >= 0.6 is 0 Å². The van der Waals surface area contributed by atoms with Crippen LogP contribution in [0.1, 0.15) is 47.0 Å². The van der Waals surface area contributed by atoms with Crippen molar-refractivity contribution in [3.63, 3.8) is 0 Å². The average Bonchev–Trinajstić information content (AvgIpc) is 2.39. The number of rotatable bonds is 8. The van der Waals surface area contributed by atoms with Crippen molar-refractivity contribution in [3.8, 4) is 0 Å². The summed E-state index contributed by atoms with van der Waals surface area (Å²) in [5.41, 5.74) is 0. The van der Waals surface area contributed by atoms with E-state index in [2.05, 4.69) is 31.0 Å². The molecule has 1 aliphatic rings. The number of sulfone groups is 1. The van der Waals surface area contributed by atoms with Crippen molar-refractivity contribution in [1.82, 2.24) is 10.2 Å². The van der Waals surface area contributed by atoms with E-state index in [-0.39, 0.29) is 5.75 Å². The molecule has 1 rings (SSSR count). The molecule has 4 nitrogen and oxygen atoms in total. The van der Waals surface area contributed by atoms with Crippen LogP contribution in [0.3, 0.4) is 0 Å². The first-order chi connectivity index (χ1) is 9.39. The van der Waals surface area contributed by atoms with E-state index in [0.717, 1.165) is 26.1 Å². The highest BCUT2D eigenvalue weighted by atomic mass is 32.2. The molecule has 0 bridgehead atoms. The van der Waals surface area contributed by atoms with E-state index >= 15 is 0 Å². The molecule has 1 aliphatic heterocycles. The predicted octanol–water partition coefficient (Wildman–Crippen LogP) is 1.91. The van der Waals surface area contributed by atoms with E-state index in [1.54, 1.807) is 6.92 Å². The zero-order chi connectivity index (χ0) is 15.2. The minimum absolute atomic E-state index is 0.265. The van der Waals surface area contributed by atoms with E-state index in [1.807, 2.05) is 0 Å². The first-order valence-electron chi connectivity index (χ1n) is 8.07. The molecule has 0 spiro atoms. The van der Waals surface area contributed by atoms with Gasteiger partial charge in [-0.3, -0.25) is 4.90 Å². The van der Waals surface area contributed by atoms with Gasteiger partial charge in [-0.15, -0.1) is 0 Å². The number of nitrogens with one attached hydrogen (secondary N) is 1. The van der Waals surface area contributed by atoms with E-state index < -0.39 is 9.84 Å². The number of hydrogen-bond donors (Lipinski definition) is 1. The molecule has 0 radical (unpaired) electrons. The third kappa shape index (κ3) is 5.70. The molecule has 20 heavy (non-hydrogen) atoms. The molecule has 120 valence electrons. The molecule has 2 atom stereocenters. The Morgan fingerprint density at radius 3 is 2.55 bits per heavy atom. The van der Waals surface area contributed by atoms with Crippen LogP contribution in [0.15, 0.2) is 0 Å². The second kappa shape index (κ2) is 8.35. The van der Waals surface area contributed by atoms with E-state index in [4.69, 9.17) is 0 Å². The van der Waals surface area contributed by atoms with Gasteiger partial charge in [-0.2, -0.15) is 0 Å². The summed E-state index contributed by atoms with van der Waals surface area (Å²) in [5.74, 6) is 1.20. The fraction of sp³-hybridized carbons (Fsp3) is 1.00. The molecule has 2 unspecified atom stereocenters. The Morgan fingerprint density at radius 1 is 1.30 bits per heavy atom. The quantitative estimate of drug-likeness (QED) is 0.744. The van der Waals surface area contributed by atoms with Gasteiger partial charge in [-0.05, 0) is 25.3 Å². The van der Waals surface area contributed by atoms with E-state index in [1.165, 1.54) is 12.8 Å². The molecule has 0 amide bonds. The Labute approximate surface area is 125 Å². The topological polar surface area (TPSA) is 49.4 Å². The van der Waals surface area contributed by atoms with Crippen molar-refractivity contribution in [2.75, 3.05) is 31.1 Å². The lowest BCUT2D eigenvalue weighted by Gasteiger charge is -2.42. The van der Waals surface area contributed by atoms with Crippen LogP contribution in [0.25, 0.3) is 0 Å². The molecular formula is C15H32N2O2S. The molecule has 5 heteroatoms. The molecule has 1 heterocycles. The van der Waals surface area contributed by atoms with Crippen LogP contribution < -0.4 is 5.32 Å². The number of hydrogen-bond acceptors (Lipinski definition) is 4. The summed E-state index contributed by atoms with van der Waals surface area (Å²) in [4.78, 5) is 2.51. The Kier molecular flexibility index (Phi) is 7.48. The fourth-order valence-electron chi connectivity index (χ4n) is 2.99. The monoisotopic (exact) mass is 304 g/mol. The molecule has 1 fully saturated rings. The Bertz CT molecular complexity index is 368. The molecule has 0 aliphatic carbocycles. The Morgan fingerprint density at radius 2 is 2.00 bits per heavy atom. The van der Waals surface area contributed by atoms with Crippen molar-refractivity contribution in [2.24, 2.45) is 5.92 Å². The summed E-state index contributed by atoms with van der Waals surface area (Å²) in [7, 11) is -2.82. The predicted molar refractivity (Wildman–Crippen MR) is 85.8 cm³/mol. The second-order valence-electron chi connectivity index (χ2n) is 6.29. The standard InChI is InChI=1S/C15H32N2O2S/c1-5-8-14-12-17(15(11-16-14)13(3)4)9-7-10-20(18,19)6-2/h13-16H,5-12H2,1-4H3. The first-order valence-corrected chi connectivity index (χ1v) is 9.89. The Balaban J connectivity index is 2.52. The lowest BCUT2D eigenvalue weighted by atomic mass is 9.97. The van der Waals surface area contributed by atoms with Gasteiger partial charge < -0.3 is 5.32 Å². The van der Waals surface area contributed by atoms with Crippen LogP contribution in [-0.4, -0.2) is 56.5 Å². The number of nitrogens with zero attached hydrogens (tertiary/aromatic N) is 1. The summed E-state index contributed by atoms with van der Waals surface area (Å²) in [6, 6.07) is 1.10. The third-order valence-corrected chi connectivity index (χ3v) is 6.08. The lowest BCUT2D eigenvalue weighted by molar-refractivity contribution is 0.0960. The Hall–Kier alpha value is -0.130. The van der Waals surface area contributed by atoms with Crippen molar-refractivity contribution in [2.45, 2.75) is 59.0 Å². The van der Waals surface area contributed by atoms with Crippen molar-refractivity contribution in [3.05, 3.63) is 0 Å². The van der Waals surface area contributed by atoms with Gasteiger partial charge in [0, 0.05) is 30.9 Å². The minimum Gasteiger partial charge on any atom is -0.311 e. The maximum atomic E-state index is 11.6. The molecule has 0 aromatic heterocycles. The summed E-state index contributed by atoms with van der Waals surface area (Å²) in [6.07, 6.45) is 3.16. The molecule has 0 aromatic carbocycles. The molecule has 0 aromatic rings. The van der Waals surface area contributed by atoms with Crippen LogP contribution in [0.2, 0.25) is 0 Å². The highest BCUT2D eigenvalue weighted by Gasteiger charge is 2.29. The van der Waals surface area contributed by atoms with Crippen LogP contribution in [0.5, 0.6) is 0 Å². The van der Waals surface area contributed by atoms with Crippen LogP contribution in [0, 0.1) is 5.92 Å². The van der Waals surface area contributed by atoms with Gasteiger partial charge >= 0.3 is 0 Å². The molecule has 0 saturated carbocycles. The van der Waals surface area contributed by atoms with Crippen molar-refractivity contribution in [1.29, 1.82) is 0 Å². The summed E-state index contributed by atoms with van der Waals surface area (Å²) >= 11 is 0. The van der Waals surface area contributed by atoms with Crippen molar-refractivity contribution >= 4 is 9.84 Å². The zero-order valence-electron chi connectivity index (χ0n) is 13.6. The third-order valence-electron chi connectivity index (χ3n) is 4.29. The first kappa shape index (κ1) is 17.9.